The first-order valence-electron chi connectivity index (χ1n) is 12.2. The van der Waals surface area contributed by atoms with E-state index >= 15 is 0 Å². The van der Waals surface area contributed by atoms with Gasteiger partial charge in [0, 0.05) is 19.2 Å². The molecular weight excluding hydrogens is 454 g/mol. The van der Waals surface area contributed by atoms with E-state index in [0.29, 0.717) is 37.9 Å². The number of hydrogen-bond donors (Lipinski definition) is 1. The van der Waals surface area contributed by atoms with Crippen LogP contribution >= 0.6 is 0 Å². The maximum Gasteiger partial charge on any atom is 0.321 e. The summed E-state index contributed by atoms with van der Waals surface area (Å²) in [6, 6.07) is 19.5. The summed E-state index contributed by atoms with van der Waals surface area (Å²) < 4.78 is 16.7. The maximum atomic E-state index is 12.7. The molecule has 0 saturated carbocycles. The standard InChI is InChI=1S/C29H33N3O4/c1-21-6-4-8-26(16-21)35-14-15-36-27-9-5-7-23(18-27)17-24-12-13-32(20-22(24)2)29(33)31-25-10-11-28(34-3)30-19-25/h4-11,16-19,22H,12-15,20H2,1-3H3,(H,31,33)/b24-17+. The SMILES string of the molecule is COc1ccc(NC(=O)N2CC/C(=C\c3cccc(OCCOc4cccc(C)c4)c3)C(C)C2)cn1. The first kappa shape index (κ1) is 25.1. The molecule has 188 valence electrons. The maximum absolute atomic E-state index is 12.7. The number of anilines is 1. The number of amides is 2. The van der Waals surface area contributed by atoms with Gasteiger partial charge in [-0.15, -0.1) is 0 Å². The number of carbonyl (C=O) groups is 1. The summed E-state index contributed by atoms with van der Waals surface area (Å²) in [4.78, 5) is 18.7. The third kappa shape index (κ3) is 7.01. The molecule has 1 aliphatic heterocycles. The van der Waals surface area contributed by atoms with Crippen molar-refractivity contribution < 1.29 is 19.0 Å². The lowest BCUT2D eigenvalue weighted by molar-refractivity contribution is 0.198. The lowest BCUT2D eigenvalue weighted by Gasteiger charge is -2.33. The van der Waals surface area contributed by atoms with Crippen LogP contribution in [0.25, 0.3) is 6.08 Å². The molecule has 0 spiro atoms. The van der Waals surface area contributed by atoms with Crippen molar-refractivity contribution in [2.45, 2.75) is 20.3 Å². The monoisotopic (exact) mass is 487 g/mol. The molecule has 2 amide bonds. The largest absolute Gasteiger partial charge is 0.490 e. The number of hydrogen-bond acceptors (Lipinski definition) is 5. The van der Waals surface area contributed by atoms with Crippen molar-refractivity contribution in [3.63, 3.8) is 0 Å². The topological polar surface area (TPSA) is 72.9 Å². The second-order valence-corrected chi connectivity index (χ2v) is 8.92. The van der Waals surface area contributed by atoms with Gasteiger partial charge in [0.15, 0.2) is 0 Å². The molecule has 1 N–H and O–H groups in total. The first-order chi connectivity index (χ1) is 17.5. The molecule has 36 heavy (non-hydrogen) atoms. The third-order valence-electron chi connectivity index (χ3n) is 6.10. The number of piperidine rings is 1. The van der Waals surface area contributed by atoms with Crippen LogP contribution in [0.4, 0.5) is 10.5 Å². The van der Waals surface area contributed by atoms with Gasteiger partial charge in [0.05, 0.1) is 19.0 Å². The van der Waals surface area contributed by atoms with Gasteiger partial charge in [0.25, 0.3) is 0 Å². The van der Waals surface area contributed by atoms with E-state index in [1.54, 1.807) is 25.4 Å². The van der Waals surface area contributed by atoms with Gasteiger partial charge in [-0.25, -0.2) is 9.78 Å². The number of aryl methyl sites for hydroxylation is 1. The molecule has 0 bridgehead atoms. The molecule has 4 rings (SSSR count). The predicted octanol–water partition coefficient (Wildman–Crippen LogP) is 5.81. The molecule has 1 aromatic heterocycles. The fourth-order valence-corrected chi connectivity index (χ4v) is 4.16. The van der Waals surface area contributed by atoms with E-state index in [4.69, 9.17) is 14.2 Å². The summed E-state index contributed by atoms with van der Waals surface area (Å²) in [5.41, 5.74) is 4.24. The number of carbonyl (C=O) groups excluding carboxylic acids is 1. The molecule has 1 atom stereocenters. The number of methoxy groups -OCH3 is 1. The van der Waals surface area contributed by atoms with E-state index in [2.05, 4.69) is 29.4 Å². The molecule has 2 aromatic carbocycles. The molecule has 1 unspecified atom stereocenters. The van der Waals surface area contributed by atoms with Crippen LogP contribution < -0.4 is 19.5 Å². The zero-order valence-electron chi connectivity index (χ0n) is 21.1. The smallest absolute Gasteiger partial charge is 0.321 e. The Kier molecular flexibility index (Phi) is 8.44. The molecule has 0 aliphatic carbocycles. The summed E-state index contributed by atoms with van der Waals surface area (Å²) in [5.74, 6) is 2.44. The minimum Gasteiger partial charge on any atom is -0.490 e. The van der Waals surface area contributed by atoms with Crippen LogP contribution in [0.15, 0.2) is 72.4 Å². The van der Waals surface area contributed by atoms with Crippen LogP contribution in [0.1, 0.15) is 24.5 Å². The van der Waals surface area contributed by atoms with E-state index in [1.165, 1.54) is 11.1 Å². The van der Waals surface area contributed by atoms with Crippen LogP contribution in [0.3, 0.4) is 0 Å². The number of pyridine rings is 1. The second kappa shape index (κ2) is 12.1. The molecule has 3 aromatic rings. The molecule has 7 heteroatoms. The van der Waals surface area contributed by atoms with Crippen molar-refractivity contribution in [2.75, 3.05) is 38.7 Å². The highest BCUT2D eigenvalue weighted by Gasteiger charge is 2.24. The van der Waals surface area contributed by atoms with Crippen LogP contribution in [-0.4, -0.2) is 49.3 Å². The fourth-order valence-electron chi connectivity index (χ4n) is 4.16. The number of benzene rings is 2. The summed E-state index contributed by atoms with van der Waals surface area (Å²) in [5, 5.41) is 2.92. The Morgan fingerprint density at radius 1 is 1.08 bits per heavy atom. The molecule has 1 fully saturated rings. The first-order valence-corrected chi connectivity index (χ1v) is 12.2. The lowest BCUT2D eigenvalue weighted by atomic mass is 9.91. The zero-order chi connectivity index (χ0) is 25.3. The van der Waals surface area contributed by atoms with Gasteiger partial charge in [-0.2, -0.15) is 0 Å². The minimum atomic E-state index is -0.115. The van der Waals surface area contributed by atoms with Crippen molar-refractivity contribution in [1.29, 1.82) is 0 Å². The molecule has 1 saturated heterocycles. The van der Waals surface area contributed by atoms with Crippen LogP contribution in [-0.2, 0) is 0 Å². The number of rotatable bonds is 8. The van der Waals surface area contributed by atoms with E-state index in [1.807, 2.05) is 54.3 Å². The average molecular weight is 488 g/mol. The van der Waals surface area contributed by atoms with Crippen molar-refractivity contribution in [3.05, 3.63) is 83.6 Å². The second-order valence-electron chi connectivity index (χ2n) is 8.92. The Hall–Kier alpha value is -4.00. The quantitative estimate of drug-likeness (QED) is 0.406. The Bertz CT molecular complexity index is 1190. The summed E-state index contributed by atoms with van der Waals surface area (Å²) in [7, 11) is 1.56. The van der Waals surface area contributed by atoms with Gasteiger partial charge in [-0.3, -0.25) is 0 Å². The number of urea groups is 1. The van der Waals surface area contributed by atoms with Crippen molar-refractivity contribution in [2.24, 2.45) is 5.92 Å². The van der Waals surface area contributed by atoms with E-state index in [9.17, 15) is 4.79 Å². The van der Waals surface area contributed by atoms with Crippen molar-refractivity contribution in [3.8, 4) is 17.4 Å². The molecule has 0 radical (unpaired) electrons. The number of likely N-dealkylation sites (tertiary alicyclic amines) is 1. The van der Waals surface area contributed by atoms with E-state index in [0.717, 1.165) is 23.5 Å². The normalized spacial score (nSPS) is 16.5. The third-order valence-corrected chi connectivity index (χ3v) is 6.10. The number of ether oxygens (including phenoxy) is 3. The zero-order valence-corrected chi connectivity index (χ0v) is 21.1. The molecular formula is C29H33N3O4. The van der Waals surface area contributed by atoms with Gasteiger partial charge >= 0.3 is 6.03 Å². The van der Waals surface area contributed by atoms with Gasteiger partial charge in [-0.05, 0) is 60.7 Å². The Balaban J connectivity index is 1.27. The summed E-state index contributed by atoms with van der Waals surface area (Å²) >= 11 is 0. The fraction of sp³-hybridized carbons (Fsp3) is 0.310. The lowest BCUT2D eigenvalue weighted by Crippen LogP contribution is -2.42. The summed E-state index contributed by atoms with van der Waals surface area (Å²) in [6.07, 6.45) is 4.63. The Morgan fingerprint density at radius 3 is 2.50 bits per heavy atom. The minimum absolute atomic E-state index is 0.115. The van der Waals surface area contributed by atoms with Gasteiger partial charge in [0.2, 0.25) is 5.88 Å². The van der Waals surface area contributed by atoms with E-state index in [-0.39, 0.29) is 11.9 Å². The molecule has 1 aliphatic rings. The summed E-state index contributed by atoms with van der Waals surface area (Å²) in [6.45, 7) is 6.48. The van der Waals surface area contributed by atoms with Gasteiger partial charge in [-0.1, -0.05) is 42.8 Å². The van der Waals surface area contributed by atoms with Crippen LogP contribution in [0.2, 0.25) is 0 Å². The van der Waals surface area contributed by atoms with Gasteiger partial charge < -0.3 is 24.4 Å². The Labute approximate surface area is 212 Å². The molecule has 7 nitrogen and oxygen atoms in total. The van der Waals surface area contributed by atoms with E-state index < -0.39 is 0 Å². The predicted molar refractivity (Wildman–Crippen MR) is 142 cm³/mol. The number of aromatic nitrogens is 1. The average Bonchev–Trinajstić information content (AvgIpc) is 2.88. The van der Waals surface area contributed by atoms with Crippen molar-refractivity contribution >= 4 is 17.8 Å². The molecule has 2 heterocycles. The van der Waals surface area contributed by atoms with Crippen molar-refractivity contribution in [1.82, 2.24) is 9.88 Å². The highest BCUT2D eigenvalue weighted by molar-refractivity contribution is 5.89. The number of nitrogens with zero attached hydrogens (tertiary/aromatic N) is 2. The van der Waals surface area contributed by atoms with Gasteiger partial charge in [0.1, 0.15) is 24.7 Å². The highest BCUT2D eigenvalue weighted by Crippen LogP contribution is 2.26. The van der Waals surface area contributed by atoms with Crippen LogP contribution in [0.5, 0.6) is 17.4 Å². The van der Waals surface area contributed by atoms with Crippen LogP contribution in [0, 0.1) is 12.8 Å². The number of nitrogens with one attached hydrogen (secondary N) is 1. The Morgan fingerprint density at radius 2 is 1.83 bits per heavy atom. The highest BCUT2D eigenvalue weighted by atomic mass is 16.5.